The zero-order valence-electron chi connectivity index (χ0n) is 14.6. The van der Waals surface area contributed by atoms with Crippen LogP contribution in [0.2, 0.25) is 0 Å². The highest BCUT2D eigenvalue weighted by atomic mass is 32.1. The molecule has 3 aromatic heterocycles. The lowest BCUT2D eigenvalue weighted by Gasteiger charge is -2.24. The molecule has 0 aromatic carbocycles. The molecule has 0 aliphatic heterocycles. The summed E-state index contributed by atoms with van der Waals surface area (Å²) in [7, 11) is 0. The molecule has 3 rings (SSSR count). The molecule has 0 aliphatic rings. The van der Waals surface area contributed by atoms with Gasteiger partial charge in [-0.25, -0.2) is 9.50 Å². The van der Waals surface area contributed by atoms with E-state index in [1.807, 2.05) is 33.8 Å². The van der Waals surface area contributed by atoms with E-state index in [2.05, 4.69) is 34.1 Å². The lowest BCUT2D eigenvalue weighted by molar-refractivity contribution is 0.0680. The predicted molar refractivity (Wildman–Crippen MR) is 94.3 cm³/mol. The average molecular weight is 343 g/mol. The minimum Gasteiger partial charge on any atom is -0.328 e. The number of carbonyl (C=O) groups excluding carboxylic acids is 1. The molecule has 3 aromatic rings. The van der Waals surface area contributed by atoms with Crippen LogP contribution in [0, 0.1) is 20.8 Å². The molecular weight excluding hydrogens is 322 g/mol. The molecule has 0 spiro atoms. The van der Waals surface area contributed by atoms with E-state index in [0.29, 0.717) is 12.3 Å². The Balaban J connectivity index is 1.94. The van der Waals surface area contributed by atoms with Gasteiger partial charge in [0.05, 0.1) is 6.54 Å². The summed E-state index contributed by atoms with van der Waals surface area (Å²) in [5.41, 5.74) is 1.77. The van der Waals surface area contributed by atoms with Crippen molar-refractivity contribution in [1.29, 1.82) is 0 Å². The fourth-order valence-electron chi connectivity index (χ4n) is 2.61. The number of thiophene rings is 1. The van der Waals surface area contributed by atoms with Crippen LogP contribution in [0.15, 0.2) is 18.2 Å². The molecule has 126 valence electrons. The molecule has 0 unspecified atom stereocenters. The van der Waals surface area contributed by atoms with Gasteiger partial charge in [-0.15, -0.1) is 16.4 Å². The molecule has 0 fully saturated rings. The Morgan fingerprint density at radius 1 is 1.25 bits per heavy atom. The molecule has 0 N–H and O–H groups in total. The Hall–Kier alpha value is -2.28. The molecule has 0 atom stereocenters. The normalized spacial score (nSPS) is 11.4. The maximum atomic E-state index is 12.9. The van der Waals surface area contributed by atoms with Crippen LogP contribution in [0.1, 0.15) is 45.6 Å². The van der Waals surface area contributed by atoms with Crippen molar-refractivity contribution >= 4 is 23.0 Å². The monoisotopic (exact) mass is 343 g/mol. The third kappa shape index (κ3) is 3.17. The van der Waals surface area contributed by atoms with Crippen LogP contribution >= 0.6 is 11.3 Å². The van der Waals surface area contributed by atoms with E-state index in [-0.39, 0.29) is 17.8 Å². The first-order chi connectivity index (χ1) is 11.3. The van der Waals surface area contributed by atoms with Gasteiger partial charge in [-0.05, 0) is 52.8 Å². The van der Waals surface area contributed by atoms with Crippen LogP contribution in [0.3, 0.4) is 0 Å². The fourth-order valence-corrected chi connectivity index (χ4v) is 3.50. The molecule has 3 heterocycles. The molecule has 0 radical (unpaired) electrons. The van der Waals surface area contributed by atoms with Crippen LogP contribution in [0.5, 0.6) is 0 Å². The minimum absolute atomic E-state index is 0.0577. The van der Waals surface area contributed by atoms with E-state index in [1.165, 1.54) is 4.88 Å². The number of carbonyl (C=O) groups is 1. The summed E-state index contributed by atoms with van der Waals surface area (Å²) in [6.45, 7) is 10.5. The zero-order chi connectivity index (χ0) is 17.4. The second-order valence-electron chi connectivity index (χ2n) is 6.23. The van der Waals surface area contributed by atoms with Crippen LogP contribution < -0.4 is 0 Å². The molecule has 0 aliphatic carbocycles. The molecule has 24 heavy (non-hydrogen) atoms. The quantitative estimate of drug-likeness (QED) is 0.730. The van der Waals surface area contributed by atoms with Crippen molar-refractivity contribution in [2.45, 2.75) is 47.2 Å². The summed E-state index contributed by atoms with van der Waals surface area (Å²) in [5.74, 6) is 0.489. The summed E-state index contributed by atoms with van der Waals surface area (Å²) >= 11 is 1.70. The van der Waals surface area contributed by atoms with E-state index in [9.17, 15) is 4.79 Å². The van der Waals surface area contributed by atoms with Crippen LogP contribution in [-0.4, -0.2) is 36.4 Å². The zero-order valence-corrected chi connectivity index (χ0v) is 15.4. The van der Waals surface area contributed by atoms with Crippen molar-refractivity contribution in [3.8, 4) is 0 Å². The number of amides is 1. The summed E-state index contributed by atoms with van der Waals surface area (Å²) in [5, 5.41) is 4.36. The van der Waals surface area contributed by atoms with Gasteiger partial charge < -0.3 is 4.90 Å². The molecule has 1 amide bonds. The Kier molecular flexibility index (Phi) is 4.36. The lowest BCUT2D eigenvalue weighted by Crippen LogP contribution is -2.36. The Bertz CT molecular complexity index is 896. The number of rotatable bonds is 4. The molecule has 7 heteroatoms. The Morgan fingerprint density at radius 2 is 2.00 bits per heavy atom. The first-order valence-corrected chi connectivity index (χ1v) is 8.74. The summed E-state index contributed by atoms with van der Waals surface area (Å²) < 4.78 is 1.62. The topological polar surface area (TPSA) is 63.4 Å². The third-order valence-electron chi connectivity index (χ3n) is 3.82. The molecule has 0 bridgehead atoms. The van der Waals surface area contributed by atoms with Gasteiger partial charge in [0, 0.05) is 27.2 Å². The van der Waals surface area contributed by atoms with E-state index in [1.54, 1.807) is 20.8 Å². The van der Waals surface area contributed by atoms with E-state index in [4.69, 9.17) is 0 Å². The van der Waals surface area contributed by atoms with Crippen LogP contribution in [-0.2, 0) is 6.54 Å². The second-order valence-corrected chi connectivity index (χ2v) is 7.60. The van der Waals surface area contributed by atoms with Crippen LogP contribution in [0.25, 0.3) is 5.78 Å². The van der Waals surface area contributed by atoms with E-state index in [0.717, 1.165) is 16.3 Å². The summed E-state index contributed by atoms with van der Waals surface area (Å²) in [6.07, 6.45) is 0. The van der Waals surface area contributed by atoms with Gasteiger partial charge in [-0.3, -0.25) is 4.79 Å². The van der Waals surface area contributed by atoms with Gasteiger partial charge in [0.25, 0.3) is 11.7 Å². The fraction of sp³-hybridized carbons (Fsp3) is 0.412. The highest BCUT2D eigenvalue weighted by Gasteiger charge is 2.24. The van der Waals surface area contributed by atoms with Gasteiger partial charge in [0.1, 0.15) is 0 Å². The number of nitrogens with zero attached hydrogens (tertiary/aromatic N) is 5. The summed E-state index contributed by atoms with van der Waals surface area (Å²) in [6, 6.07) is 6.11. The SMILES string of the molecule is Cc1cc(C)n2nc(C(=O)N(Cc3ccc(C)s3)C(C)C)nc2n1. The van der Waals surface area contributed by atoms with Gasteiger partial charge in [-0.2, -0.15) is 4.98 Å². The number of hydrogen-bond donors (Lipinski definition) is 0. The molecule has 6 nitrogen and oxygen atoms in total. The smallest absolute Gasteiger partial charge is 0.294 e. The van der Waals surface area contributed by atoms with Gasteiger partial charge in [0.15, 0.2) is 0 Å². The maximum absolute atomic E-state index is 12.9. The largest absolute Gasteiger partial charge is 0.328 e. The number of hydrogen-bond acceptors (Lipinski definition) is 5. The maximum Gasteiger partial charge on any atom is 0.294 e. The number of aryl methyl sites for hydroxylation is 3. The van der Waals surface area contributed by atoms with Crippen molar-refractivity contribution in [2.24, 2.45) is 0 Å². The van der Waals surface area contributed by atoms with E-state index >= 15 is 0 Å². The molecular formula is C17H21N5OS. The van der Waals surface area contributed by atoms with E-state index < -0.39 is 0 Å². The van der Waals surface area contributed by atoms with Crippen LogP contribution in [0.4, 0.5) is 0 Å². The van der Waals surface area contributed by atoms with Gasteiger partial charge in [-0.1, -0.05) is 0 Å². The first kappa shape index (κ1) is 16.6. The second kappa shape index (κ2) is 6.32. The Morgan fingerprint density at radius 3 is 2.62 bits per heavy atom. The first-order valence-electron chi connectivity index (χ1n) is 7.92. The van der Waals surface area contributed by atoms with Gasteiger partial charge >= 0.3 is 0 Å². The predicted octanol–water partition coefficient (Wildman–Crippen LogP) is 3.16. The third-order valence-corrected chi connectivity index (χ3v) is 4.80. The Labute approximate surface area is 145 Å². The number of fused-ring (bicyclic) bond motifs is 1. The molecule has 0 saturated heterocycles. The lowest BCUT2D eigenvalue weighted by atomic mass is 10.3. The van der Waals surface area contributed by atoms with Crippen molar-refractivity contribution in [1.82, 2.24) is 24.5 Å². The van der Waals surface area contributed by atoms with Gasteiger partial charge in [0.2, 0.25) is 5.82 Å². The van der Waals surface area contributed by atoms with Crippen molar-refractivity contribution in [2.75, 3.05) is 0 Å². The highest BCUT2D eigenvalue weighted by Crippen LogP contribution is 2.19. The van der Waals surface area contributed by atoms with Crippen molar-refractivity contribution in [3.05, 3.63) is 45.2 Å². The summed E-state index contributed by atoms with van der Waals surface area (Å²) in [4.78, 5) is 25.8. The van der Waals surface area contributed by atoms with Crippen molar-refractivity contribution in [3.63, 3.8) is 0 Å². The average Bonchev–Trinajstić information content (AvgIpc) is 3.10. The number of aromatic nitrogens is 4. The standard InChI is InChI=1S/C17H21N5OS/c1-10(2)21(9-14-7-6-13(5)24-14)16(23)15-19-17-18-11(3)8-12(4)22(17)20-15/h6-8,10H,9H2,1-5H3. The van der Waals surface area contributed by atoms with Crippen molar-refractivity contribution < 1.29 is 4.79 Å². The minimum atomic E-state index is -0.168. The highest BCUT2D eigenvalue weighted by molar-refractivity contribution is 7.11. The molecule has 0 saturated carbocycles.